The van der Waals surface area contributed by atoms with Crippen LogP contribution in [0.5, 0.6) is 0 Å². The minimum absolute atomic E-state index is 0.107. The zero-order chi connectivity index (χ0) is 23.6. The Bertz CT molecular complexity index is 819. The van der Waals surface area contributed by atoms with Crippen LogP contribution in [0.25, 0.3) is 0 Å². The molecule has 0 radical (unpaired) electrons. The molecule has 4 bridgehead atoms. The molecule has 0 amide bonds. The van der Waals surface area contributed by atoms with E-state index in [2.05, 4.69) is 6.58 Å². The van der Waals surface area contributed by atoms with Gasteiger partial charge in [0.2, 0.25) is 6.10 Å². The maximum absolute atomic E-state index is 12.4. The van der Waals surface area contributed by atoms with E-state index >= 15 is 0 Å². The van der Waals surface area contributed by atoms with Crippen LogP contribution >= 0.6 is 0 Å². The van der Waals surface area contributed by atoms with Crippen molar-refractivity contribution >= 4 is 23.9 Å². The molecule has 10 nitrogen and oxygen atoms in total. The van der Waals surface area contributed by atoms with Gasteiger partial charge >= 0.3 is 23.9 Å². The van der Waals surface area contributed by atoms with Gasteiger partial charge in [0, 0.05) is 18.4 Å². The van der Waals surface area contributed by atoms with Gasteiger partial charge in [0.25, 0.3) is 0 Å². The van der Waals surface area contributed by atoms with Gasteiger partial charge in [-0.3, -0.25) is 0 Å². The second-order valence-electron chi connectivity index (χ2n) is 9.70. The number of hydrogen-bond donors (Lipinski definition) is 0. The van der Waals surface area contributed by atoms with Gasteiger partial charge in [0.05, 0.1) is 12.2 Å². The Morgan fingerprint density at radius 2 is 1.76 bits per heavy atom. The van der Waals surface area contributed by atoms with Gasteiger partial charge in [-0.15, -0.1) is 0 Å². The lowest BCUT2D eigenvalue weighted by molar-refractivity contribution is -0.255. The molecular formula is C23H30O10. The summed E-state index contributed by atoms with van der Waals surface area (Å²) < 4.78 is 32.0. The standard InChI is InChI=1S/C23H30O10/c1-14(2)20(26)30-11-19(25)33-23-8-15-5-16(9-23)7-22(6-15,12-23)31-13-28-10-18(24)32-17-3-4-29-21(17)27/h15-17H,1,3-13H2,2H3. The summed E-state index contributed by atoms with van der Waals surface area (Å²) in [5.41, 5.74) is -0.909. The maximum atomic E-state index is 12.4. The van der Waals surface area contributed by atoms with Gasteiger partial charge < -0.3 is 28.4 Å². The van der Waals surface area contributed by atoms with Gasteiger partial charge in [-0.2, -0.15) is 0 Å². The lowest BCUT2D eigenvalue weighted by Crippen LogP contribution is -2.61. The van der Waals surface area contributed by atoms with E-state index in [0.717, 1.165) is 32.1 Å². The second-order valence-corrected chi connectivity index (χ2v) is 9.70. The van der Waals surface area contributed by atoms with Crippen LogP contribution in [-0.2, 0) is 47.6 Å². The highest BCUT2D eigenvalue weighted by molar-refractivity contribution is 5.88. The van der Waals surface area contributed by atoms with Crippen molar-refractivity contribution in [3.05, 3.63) is 12.2 Å². The van der Waals surface area contributed by atoms with E-state index < -0.39 is 47.8 Å². The first kappa shape index (κ1) is 23.7. The Balaban J connectivity index is 1.26. The lowest BCUT2D eigenvalue weighted by atomic mass is 9.52. The van der Waals surface area contributed by atoms with Crippen LogP contribution in [0.1, 0.15) is 51.9 Å². The molecular weight excluding hydrogens is 436 g/mol. The molecule has 0 aromatic carbocycles. The van der Waals surface area contributed by atoms with Crippen molar-refractivity contribution in [2.24, 2.45) is 11.8 Å². The first-order valence-corrected chi connectivity index (χ1v) is 11.3. The molecule has 1 aliphatic heterocycles. The van der Waals surface area contributed by atoms with Crippen molar-refractivity contribution in [3.8, 4) is 0 Å². The normalized spacial score (nSPS) is 34.0. The van der Waals surface area contributed by atoms with Gasteiger partial charge in [-0.05, 0) is 50.9 Å². The molecule has 0 N–H and O–H groups in total. The molecule has 182 valence electrons. The number of ether oxygens (including phenoxy) is 6. The second kappa shape index (κ2) is 9.42. The van der Waals surface area contributed by atoms with Crippen LogP contribution < -0.4 is 0 Å². The Labute approximate surface area is 191 Å². The molecule has 1 heterocycles. The third-order valence-corrected chi connectivity index (χ3v) is 6.78. The smallest absolute Gasteiger partial charge is 0.347 e. The highest BCUT2D eigenvalue weighted by Gasteiger charge is 2.60. The topological polar surface area (TPSA) is 124 Å². The number of carbonyl (C=O) groups is 4. The quantitative estimate of drug-likeness (QED) is 0.154. The Morgan fingerprint density at radius 3 is 2.39 bits per heavy atom. The maximum Gasteiger partial charge on any atom is 0.347 e. The Hall–Kier alpha value is -2.46. The summed E-state index contributed by atoms with van der Waals surface area (Å²) >= 11 is 0. The first-order valence-electron chi connectivity index (χ1n) is 11.3. The SMILES string of the molecule is C=C(C)C(=O)OCC(=O)OC12CC3CC(CC(OCOCC(=O)OC4CCOC4=O)(C3)C1)C2. The number of esters is 4. The number of carbonyl (C=O) groups excluding carboxylic acids is 4. The third-order valence-electron chi connectivity index (χ3n) is 6.78. The molecule has 3 atom stereocenters. The zero-order valence-electron chi connectivity index (χ0n) is 18.8. The molecule has 0 aromatic heterocycles. The van der Waals surface area contributed by atoms with Crippen LogP contribution in [0.4, 0.5) is 0 Å². The highest BCUT2D eigenvalue weighted by Crippen LogP contribution is 2.60. The zero-order valence-corrected chi connectivity index (χ0v) is 18.8. The minimum atomic E-state index is -0.866. The third kappa shape index (κ3) is 5.55. The average Bonchev–Trinajstić information content (AvgIpc) is 3.12. The molecule has 4 saturated carbocycles. The summed E-state index contributed by atoms with van der Waals surface area (Å²) in [6.45, 7) is 4.36. The monoisotopic (exact) mass is 466 g/mol. The largest absolute Gasteiger partial charge is 0.463 e. The van der Waals surface area contributed by atoms with E-state index in [1.54, 1.807) is 0 Å². The summed E-state index contributed by atoms with van der Waals surface area (Å²) in [6.07, 6.45) is 4.30. The fourth-order valence-electron chi connectivity index (χ4n) is 5.97. The van der Waals surface area contributed by atoms with Gasteiger partial charge in [-0.25, -0.2) is 19.2 Å². The molecule has 5 aliphatic rings. The summed E-state index contributed by atoms with van der Waals surface area (Å²) in [5.74, 6) is -1.65. The number of rotatable bonds is 10. The molecule has 5 rings (SSSR count). The van der Waals surface area contributed by atoms with Gasteiger partial charge in [0.1, 0.15) is 19.0 Å². The van der Waals surface area contributed by atoms with E-state index in [4.69, 9.17) is 28.4 Å². The molecule has 10 heteroatoms. The van der Waals surface area contributed by atoms with Gasteiger partial charge in [0.15, 0.2) is 6.61 Å². The number of hydrogen-bond acceptors (Lipinski definition) is 10. The van der Waals surface area contributed by atoms with Crippen molar-refractivity contribution in [2.45, 2.75) is 69.2 Å². The predicted molar refractivity (Wildman–Crippen MR) is 109 cm³/mol. The molecule has 0 aromatic rings. The summed E-state index contributed by atoms with van der Waals surface area (Å²) in [4.78, 5) is 47.2. The first-order chi connectivity index (χ1) is 15.7. The van der Waals surface area contributed by atoms with Crippen molar-refractivity contribution in [3.63, 3.8) is 0 Å². The van der Waals surface area contributed by atoms with E-state index in [0.29, 0.717) is 24.7 Å². The molecule has 4 aliphatic carbocycles. The fraction of sp³-hybridized carbons (Fsp3) is 0.739. The molecule has 1 saturated heterocycles. The van der Waals surface area contributed by atoms with Crippen LogP contribution in [0.3, 0.4) is 0 Å². The van der Waals surface area contributed by atoms with Crippen LogP contribution in [0.2, 0.25) is 0 Å². The minimum Gasteiger partial charge on any atom is -0.463 e. The number of cyclic esters (lactones) is 1. The fourth-order valence-corrected chi connectivity index (χ4v) is 5.97. The van der Waals surface area contributed by atoms with Gasteiger partial charge in [-0.1, -0.05) is 6.58 Å². The molecule has 3 unspecified atom stereocenters. The summed E-state index contributed by atoms with van der Waals surface area (Å²) in [7, 11) is 0. The molecule has 5 fully saturated rings. The van der Waals surface area contributed by atoms with Crippen molar-refractivity contribution in [2.75, 3.05) is 26.6 Å². The van der Waals surface area contributed by atoms with E-state index in [9.17, 15) is 19.2 Å². The lowest BCUT2D eigenvalue weighted by Gasteiger charge is -2.60. The molecule has 33 heavy (non-hydrogen) atoms. The Kier molecular flexibility index (Phi) is 6.76. The van der Waals surface area contributed by atoms with Crippen LogP contribution in [0, 0.1) is 11.8 Å². The van der Waals surface area contributed by atoms with E-state index in [1.165, 1.54) is 6.92 Å². The van der Waals surface area contributed by atoms with E-state index in [1.807, 2.05) is 0 Å². The van der Waals surface area contributed by atoms with Crippen molar-refractivity contribution < 1.29 is 47.6 Å². The van der Waals surface area contributed by atoms with Crippen LogP contribution in [0.15, 0.2) is 12.2 Å². The van der Waals surface area contributed by atoms with Crippen molar-refractivity contribution in [1.29, 1.82) is 0 Å². The van der Waals surface area contributed by atoms with Crippen molar-refractivity contribution in [1.82, 2.24) is 0 Å². The van der Waals surface area contributed by atoms with E-state index in [-0.39, 0.29) is 25.6 Å². The van der Waals surface area contributed by atoms with Crippen LogP contribution in [-0.4, -0.2) is 67.8 Å². The predicted octanol–water partition coefficient (Wildman–Crippen LogP) is 1.59. The highest BCUT2D eigenvalue weighted by atomic mass is 16.7. The summed E-state index contributed by atoms with van der Waals surface area (Å²) in [5, 5.41) is 0. The molecule has 0 spiro atoms. The summed E-state index contributed by atoms with van der Waals surface area (Å²) in [6, 6.07) is 0. The Morgan fingerprint density at radius 1 is 1.06 bits per heavy atom. The average molecular weight is 466 g/mol.